The van der Waals surface area contributed by atoms with Gasteiger partial charge in [0, 0.05) is 31.0 Å². The van der Waals surface area contributed by atoms with Crippen LogP contribution in [0.1, 0.15) is 40.2 Å². The molecule has 0 saturated carbocycles. The Morgan fingerprint density at radius 2 is 1.94 bits per heavy atom. The average Bonchev–Trinajstić information content (AvgIpc) is 2.62. The van der Waals surface area contributed by atoms with E-state index in [0.717, 1.165) is 6.54 Å². The Morgan fingerprint density at radius 1 is 1.29 bits per heavy atom. The molecule has 0 aliphatic rings. The maximum absolute atomic E-state index is 5.17. The van der Waals surface area contributed by atoms with Gasteiger partial charge in [-0.2, -0.15) is 5.10 Å². The van der Waals surface area contributed by atoms with E-state index in [-0.39, 0.29) is 11.1 Å². The number of rotatable bonds is 5. The van der Waals surface area contributed by atoms with Gasteiger partial charge >= 0.3 is 0 Å². The predicted molar refractivity (Wildman–Crippen MR) is 70.0 cm³/mol. The molecule has 0 radical (unpaired) electrons. The summed E-state index contributed by atoms with van der Waals surface area (Å²) in [5.74, 6) is 0. The number of methoxy groups -OCH3 is 1. The zero-order chi connectivity index (χ0) is 13.1. The molecule has 1 rings (SSSR count). The van der Waals surface area contributed by atoms with E-state index < -0.39 is 0 Å². The molecule has 4 nitrogen and oxygen atoms in total. The van der Waals surface area contributed by atoms with E-state index in [9.17, 15) is 0 Å². The fraction of sp³-hybridized carbons (Fsp3) is 0.769. The molecule has 0 fully saturated rings. The van der Waals surface area contributed by atoms with Gasteiger partial charge in [0.05, 0.1) is 18.3 Å². The summed E-state index contributed by atoms with van der Waals surface area (Å²) < 4.78 is 7.16. The number of nitrogens with zero attached hydrogens (tertiary/aromatic N) is 2. The Bertz CT molecular complexity index is 350. The lowest BCUT2D eigenvalue weighted by atomic mass is 10.1. The van der Waals surface area contributed by atoms with Crippen molar-refractivity contribution in [3.8, 4) is 0 Å². The Hall–Kier alpha value is -0.870. The molecule has 0 aromatic carbocycles. The molecule has 0 aliphatic carbocycles. The lowest BCUT2D eigenvalue weighted by molar-refractivity contribution is 0.127. The minimum absolute atomic E-state index is 0.0153. The summed E-state index contributed by atoms with van der Waals surface area (Å²) >= 11 is 0. The van der Waals surface area contributed by atoms with Crippen LogP contribution in [0.4, 0.5) is 0 Å². The van der Waals surface area contributed by atoms with Crippen LogP contribution in [0, 0.1) is 0 Å². The highest BCUT2D eigenvalue weighted by molar-refractivity contribution is 5.05. The number of hydrogen-bond acceptors (Lipinski definition) is 3. The van der Waals surface area contributed by atoms with E-state index in [2.05, 4.69) is 51.2 Å². The highest BCUT2D eigenvalue weighted by atomic mass is 16.5. The van der Waals surface area contributed by atoms with Crippen molar-refractivity contribution >= 4 is 0 Å². The maximum atomic E-state index is 5.17. The van der Waals surface area contributed by atoms with Gasteiger partial charge in [-0.3, -0.25) is 4.68 Å². The van der Waals surface area contributed by atoms with Gasteiger partial charge in [-0.1, -0.05) is 0 Å². The summed E-state index contributed by atoms with van der Waals surface area (Å²) in [6, 6.07) is 0. The fourth-order valence-electron chi connectivity index (χ4n) is 1.57. The number of ether oxygens (including phenoxy) is 1. The van der Waals surface area contributed by atoms with Gasteiger partial charge in [0.2, 0.25) is 0 Å². The van der Waals surface area contributed by atoms with Crippen LogP contribution in [-0.2, 0) is 16.8 Å². The summed E-state index contributed by atoms with van der Waals surface area (Å²) in [6.45, 7) is 12.2. The highest BCUT2D eigenvalue weighted by Crippen LogP contribution is 2.13. The Labute approximate surface area is 104 Å². The van der Waals surface area contributed by atoms with E-state index in [0.29, 0.717) is 6.61 Å². The second-order valence-corrected chi connectivity index (χ2v) is 6.13. The van der Waals surface area contributed by atoms with Gasteiger partial charge in [0.1, 0.15) is 0 Å². The van der Waals surface area contributed by atoms with E-state index in [1.165, 1.54) is 5.56 Å². The van der Waals surface area contributed by atoms with Crippen LogP contribution in [-0.4, -0.2) is 29.0 Å². The van der Waals surface area contributed by atoms with E-state index in [1.807, 2.05) is 10.9 Å². The molecule has 0 spiro atoms. The maximum Gasteiger partial charge on any atom is 0.0639 e. The predicted octanol–water partition coefficient (Wildman–Crippen LogP) is 2.15. The first-order chi connectivity index (χ1) is 7.74. The first-order valence-corrected chi connectivity index (χ1v) is 6.02. The first kappa shape index (κ1) is 14.2. The minimum Gasteiger partial charge on any atom is -0.383 e. The summed E-state index contributed by atoms with van der Waals surface area (Å²) in [5.41, 5.74) is 1.22. The summed E-state index contributed by atoms with van der Waals surface area (Å²) in [7, 11) is 1.72. The largest absolute Gasteiger partial charge is 0.383 e. The molecule has 0 atom stereocenters. The zero-order valence-electron chi connectivity index (χ0n) is 11.9. The smallest absolute Gasteiger partial charge is 0.0639 e. The molecule has 17 heavy (non-hydrogen) atoms. The SMILES string of the molecule is COCC(C)(C)NCc1cnn(C(C)(C)C)c1. The van der Waals surface area contributed by atoms with Crippen LogP contribution in [0.2, 0.25) is 0 Å². The van der Waals surface area contributed by atoms with Gasteiger partial charge in [-0.15, -0.1) is 0 Å². The van der Waals surface area contributed by atoms with Gasteiger partial charge in [-0.05, 0) is 34.6 Å². The second kappa shape index (κ2) is 5.19. The van der Waals surface area contributed by atoms with E-state index in [1.54, 1.807) is 7.11 Å². The van der Waals surface area contributed by atoms with Crippen LogP contribution in [0.15, 0.2) is 12.4 Å². The average molecular weight is 239 g/mol. The van der Waals surface area contributed by atoms with Crippen LogP contribution >= 0.6 is 0 Å². The number of nitrogens with one attached hydrogen (secondary N) is 1. The van der Waals surface area contributed by atoms with Crippen molar-refractivity contribution < 1.29 is 4.74 Å². The van der Waals surface area contributed by atoms with E-state index in [4.69, 9.17) is 4.74 Å². The van der Waals surface area contributed by atoms with Crippen LogP contribution in [0.25, 0.3) is 0 Å². The Morgan fingerprint density at radius 3 is 2.41 bits per heavy atom. The molecule has 0 bridgehead atoms. The van der Waals surface area contributed by atoms with Crippen molar-refractivity contribution in [2.45, 2.75) is 52.2 Å². The number of hydrogen-bond donors (Lipinski definition) is 1. The van der Waals surface area contributed by atoms with Gasteiger partial charge in [0.15, 0.2) is 0 Å². The van der Waals surface area contributed by atoms with Gasteiger partial charge in [-0.25, -0.2) is 0 Å². The topological polar surface area (TPSA) is 39.1 Å². The summed E-state index contributed by atoms with van der Waals surface area (Å²) in [4.78, 5) is 0. The van der Waals surface area contributed by atoms with Crippen LogP contribution in [0.5, 0.6) is 0 Å². The summed E-state index contributed by atoms with van der Waals surface area (Å²) in [5, 5.41) is 7.84. The third-order valence-corrected chi connectivity index (χ3v) is 2.60. The third-order valence-electron chi connectivity index (χ3n) is 2.60. The first-order valence-electron chi connectivity index (χ1n) is 6.02. The molecule has 1 aromatic heterocycles. The van der Waals surface area contributed by atoms with Gasteiger partial charge in [0.25, 0.3) is 0 Å². The second-order valence-electron chi connectivity index (χ2n) is 6.13. The van der Waals surface area contributed by atoms with Crippen LogP contribution in [0.3, 0.4) is 0 Å². The van der Waals surface area contributed by atoms with Gasteiger partial charge < -0.3 is 10.1 Å². The van der Waals surface area contributed by atoms with Crippen molar-refractivity contribution in [1.29, 1.82) is 0 Å². The molecule has 0 saturated heterocycles. The molecule has 0 unspecified atom stereocenters. The quantitative estimate of drug-likeness (QED) is 0.855. The molecule has 0 aliphatic heterocycles. The third kappa shape index (κ3) is 4.48. The van der Waals surface area contributed by atoms with Crippen molar-refractivity contribution in [2.24, 2.45) is 0 Å². The summed E-state index contributed by atoms with van der Waals surface area (Å²) in [6.07, 6.45) is 4.01. The minimum atomic E-state index is -0.0153. The van der Waals surface area contributed by atoms with Crippen molar-refractivity contribution in [3.63, 3.8) is 0 Å². The molecule has 0 amide bonds. The molecular weight excluding hydrogens is 214 g/mol. The van der Waals surface area contributed by atoms with Crippen molar-refractivity contribution in [3.05, 3.63) is 18.0 Å². The van der Waals surface area contributed by atoms with E-state index >= 15 is 0 Å². The molecule has 1 heterocycles. The van der Waals surface area contributed by atoms with Crippen molar-refractivity contribution in [1.82, 2.24) is 15.1 Å². The lowest BCUT2D eigenvalue weighted by Crippen LogP contribution is -2.42. The molecule has 1 aromatic rings. The standard InChI is InChI=1S/C13H25N3O/c1-12(2,3)16-9-11(8-15-16)7-14-13(4,5)10-17-6/h8-9,14H,7,10H2,1-6H3. The molecule has 98 valence electrons. The highest BCUT2D eigenvalue weighted by Gasteiger charge is 2.18. The Balaban J connectivity index is 2.56. The zero-order valence-corrected chi connectivity index (χ0v) is 11.9. The molecular formula is C13H25N3O. The van der Waals surface area contributed by atoms with Crippen LogP contribution < -0.4 is 5.32 Å². The normalized spacial score (nSPS) is 13.1. The fourth-order valence-corrected chi connectivity index (χ4v) is 1.57. The number of aromatic nitrogens is 2. The monoisotopic (exact) mass is 239 g/mol. The Kier molecular flexibility index (Phi) is 4.33. The lowest BCUT2D eigenvalue weighted by Gasteiger charge is -2.25. The molecule has 4 heteroatoms. The van der Waals surface area contributed by atoms with Crippen molar-refractivity contribution in [2.75, 3.05) is 13.7 Å². The molecule has 1 N–H and O–H groups in total.